The SMILES string of the molecule is CSCC[C@@H](NC(=O)[C@H](NC(=O)OCc1ccccc1)C(C)C)C(=O)O. The Kier molecular flexibility index (Phi) is 9.57. The summed E-state index contributed by atoms with van der Waals surface area (Å²) in [5.74, 6) is -1.25. The van der Waals surface area contributed by atoms with Gasteiger partial charge in [0.1, 0.15) is 18.7 Å². The highest BCUT2D eigenvalue weighted by molar-refractivity contribution is 7.98. The number of carbonyl (C=O) groups is 3. The Morgan fingerprint density at radius 2 is 1.81 bits per heavy atom. The van der Waals surface area contributed by atoms with E-state index in [1.165, 1.54) is 11.8 Å². The number of carboxylic acid groups (broad SMARTS) is 1. The summed E-state index contributed by atoms with van der Waals surface area (Å²) in [7, 11) is 0. The lowest BCUT2D eigenvalue weighted by Crippen LogP contribution is -2.53. The average molecular weight is 382 g/mol. The van der Waals surface area contributed by atoms with E-state index in [9.17, 15) is 19.5 Å². The quantitative estimate of drug-likeness (QED) is 0.573. The van der Waals surface area contributed by atoms with Gasteiger partial charge in [-0.3, -0.25) is 4.79 Å². The summed E-state index contributed by atoms with van der Waals surface area (Å²) in [6.07, 6.45) is 1.45. The van der Waals surface area contributed by atoms with Crippen LogP contribution < -0.4 is 10.6 Å². The van der Waals surface area contributed by atoms with Gasteiger partial charge in [0.2, 0.25) is 5.91 Å². The first-order valence-corrected chi connectivity index (χ1v) is 9.73. The average Bonchev–Trinajstić information content (AvgIpc) is 2.61. The number of benzene rings is 1. The van der Waals surface area contributed by atoms with Gasteiger partial charge >= 0.3 is 12.1 Å². The third-order valence-corrected chi connectivity index (χ3v) is 4.30. The van der Waals surface area contributed by atoms with Crippen LogP contribution in [0.4, 0.5) is 4.79 Å². The minimum Gasteiger partial charge on any atom is -0.480 e. The van der Waals surface area contributed by atoms with Gasteiger partial charge in [0.25, 0.3) is 0 Å². The van der Waals surface area contributed by atoms with Crippen molar-refractivity contribution < 1.29 is 24.2 Å². The highest BCUT2D eigenvalue weighted by atomic mass is 32.2. The number of thioether (sulfide) groups is 1. The Bertz CT molecular complexity index is 595. The van der Waals surface area contributed by atoms with Crippen molar-refractivity contribution in [1.82, 2.24) is 10.6 Å². The fourth-order valence-electron chi connectivity index (χ4n) is 2.18. The normalized spacial score (nSPS) is 12.9. The van der Waals surface area contributed by atoms with Crippen LogP contribution in [-0.4, -0.2) is 47.2 Å². The number of ether oxygens (including phenoxy) is 1. The van der Waals surface area contributed by atoms with Gasteiger partial charge in [0.05, 0.1) is 0 Å². The number of hydrogen-bond acceptors (Lipinski definition) is 5. The third-order valence-electron chi connectivity index (χ3n) is 3.66. The molecular formula is C18H26N2O5S. The molecule has 0 saturated heterocycles. The summed E-state index contributed by atoms with van der Waals surface area (Å²) in [6.45, 7) is 3.61. The van der Waals surface area contributed by atoms with Gasteiger partial charge in [-0.1, -0.05) is 44.2 Å². The van der Waals surface area contributed by atoms with Crippen LogP contribution in [0.3, 0.4) is 0 Å². The molecule has 7 nitrogen and oxygen atoms in total. The number of alkyl carbamates (subject to hydrolysis) is 1. The van der Waals surface area contributed by atoms with Crippen molar-refractivity contribution in [2.24, 2.45) is 5.92 Å². The Morgan fingerprint density at radius 1 is 1.15 bits per heavy atom. The van der Waals surface area contributed by atoms with E-state index < -0.39 is 30.1 Å². The van der Waals surface area contributed by atoms with E-state index in [-0.39, 0.29) is 12.5 Å². The monoisotopic (exact) mass is 382 g/mol. The molecule has 1 aromatic carbocycles. The molecule has 26 heavy (non-hydrogen) atoms. The van der Waals surface area contributed by atoms with Gasteiger partial charge in [0, 0.05) is 0 Å². The van der Waals surface area contributed by atoms with Crippen LogP contribution in [0.15, 0.2) is 30.3 Å². The van der Waals surface area contributed by atoms with Crippen molar-refractivity contribution in [2.45, 2.75) is 39.0 Å². The van der Waals surface area contributed by atoms with E-state index in [1.807, 2.05) is 36.6 Å². The zero-order valence-corrected chi connectivity index (χ0v) is 16.0. The standard InChI is InChI=1S/C18H26N2O5S/c1-12(2)15(16(21)19-14(17(22)23)9-10-26-3)20-18(24)25-11-13-7-5-4-6-8-13/h4-8,12,14-15H,9-11H2,1-3H3,(H,19,21)(H,20,24)(H,22,23)/t14-,15-/m1/s1. The number of carboxylic acids is 1. The fourth-order valence-corrected chi connectivity index (χ4v) is 2.65. The van der Waals surface area contributed by atoms with E-state index in [4.69, 9.17) is 4.74 Å². The molecule has 1 rings (SSSR count). The Morgan fingerprint density at radius 3 is 2.35 bits per heavy atom. The molecule has 0 fully saturated rings. The van der Waals surface area contributed by atoms with Crippen LogP contribution in [0.1, 0.15) is 25.8 Å². The number of rotatable bonds is 10. The Balaban J connectivity index is 2.61. The largest absolute Gasteiger partial charge is 0.480 e. The zero-order valence-electron chi connectivity index (χ0n) is 15.2. The molecule has 8 heteroatoms. The van der Waals surface area contributed by atoms with Crippen molar-refractivity contribution in [1.29, 1.82) is 0 Å². The van der Waals surface area contributed by atoms with Crippen molar-refractivity contribution in [3.8, 4) is 0 Å². The number of nitrogens with one attached hydrogen (secondary N) is 2. The molecule has 0 aliphatic carbocycles. The van der Waals surface area contributed by atoms with E-state index in [0.717, 1.165) is 5.56 Å². The van der Waals surface area contributed by atoms with Crippen molar-refractivity contribution in [3.05, 3.63) is 35.9 Å². The van der Waals surface area contributed by atoms with Crippen LogP contribution in [0.2, 0.25) is 0 Å². The Labute approximate surface area is 157 Å². The molecule has 144 valence electrons. The molecule has 0 saturated carbocycles. The molecule has 0 radical (unpaired) electrons. The van der Waals surface area contributed by atoms with Crippen LogP contribution in [-0.2, 0) is 20.9 Å². The lowest BCUT2D eigenvalue weighted by molar-refractivity contribution is -0.142. The molecule has 0 unspecified atom stereocenters. The molecule has 0 aliphatic heterocycles. The van der Waals surface area contributed by atoms with Crippen LogP contribution in [0.5, 0.6) is 0 Å². The first-order valence-electron chi connectivity index (χ1n) is 8.34. The minimum atomic E-state index is -1.10. The number of hydrogen-bond donors (Lipinski definition) is 3. The van der Waals surface area contributed by atoms with E-state index in [1.54, 1.807) is 13.8 Å². The summed E-state index contributed by atoms with van der Waals surface area (Å²) in [4.78, 5) is 35.7. The smallest absolute Gasteiger partial charge is 0.408 e. The van der Waals surface area contributed by atoms with Gasteiger partial charge in [-0.05, 0) is 29.9 Å². The summed E-state index contributed by atoms with van der Waals surface area (Å²) in [5, 5.41) is 14.2. The lowest BCUT2D eigenvalue weighted by atomic mass is 10.0. The highest BCUT2D eigenvalue weighted by Gasteiger charge is 2.28. The molecule has 0 aliphatic rings. The molecule has 3 N–H and O–H groups in total. The van der Waals surface area contributed by atoms with Gasteiger partial charge in [-0.25, -0.2) is 9.59 Å². The molecule has 0 bridgehead atoms. The summed E-state index contributed by atoms with van der Waals surface area (Å²) >= 11 is 1.50. The zero-order chi connectivity index (χ0) is 19.5. The molecule has 2 atom stereocenters. The summed E-state index contributed by atoms with van der Waals surface area (Å²) < 4.78 is 5.13. The molecule has 0 aromatic heterocycles. The van der Waals surface area contributed by atoms with Gasteiger partial charge in [0.15, 0.2) is 0 Å². The number of amides is 2. The van der Waals surface area contributed by atoms with E-state index in [0.29, 0.717) is 12.2 Å². The van der Waals surface area contributed by atoms with Crippen LogP contribution in [0.25, 0.3) is 0 Å². The Hall–Kier alpha value is -2.22. The predicted molar refractivity (Wildman–Crippen MR) is 101 cm³/mol. The van der Waals surface area contributed by atoms with Crippen molar-refractivity contribution in [2.75, 3.05) is 12.0 Å². The lowest BCUT2D eigenvalue weighted by Gasteiger charge is -2.23. The van der Waals surface area contributed by atoms with E-state index >= 15 is 0 Å². The highest BCUT2D eigenvalue weighted by Crippen LogP contribution is 2.07. The second-order valence-corrected chi connectivity index (χ2v) is 7.09. The van der Waals surface area contributed by atoms with Crippen molar-refractivity contribution >= 4 is 29.7 Å². The summed E-state index contributed by atoms with van der Waals surface area (Å²) in [6, 6.07) is 7.31. The maximum Gasteiger partial charge on any atom is 0.408 e. The number of aliphatic carboxylic acids is 1. The van der Waals surface area contributed by atoms with Crippen molar-refractivity contribution in [3.63, 3.8) is 0 Å². The molecular weight excluding hydrogens is 356 g/mol. The maximum absolute atomic E-state index is 12.4. The first kappa shape index (κ1) is 21.8. The fraction of sp³-hybridized carbons (Fsp3) is 0.500. The predicted octanol–water partition coefficient (Wildman–Crippen LogP) is 2.26. The van der Waals surface area contributed by atoms with Gasteiger partial charge in [-0.2, -0.15) is 11.8 Å². The molecule has 0 spiro atoms. The van der Waals surface area contributed by atoms with Crippen LogP contribution in [0, 0.1) is 5.92 Å². The third kappa shape index (κ3) is 7.77. The maximum atomic E-state index is 12.4. The van der Waals surface area contributed by atoms with Crippen LogP contribution >= 0.6 is 11.8 Å². The van der Waals surface area contributed by atoms with Gasteiger partial charge in [-0.15, -0.1) is 0 Å². The molecule has 0 heterocycles. The summed E-state index contributed by atoms with van der Waals surface area (Å²) in [5.41, 5.74) is 0.830. The number of carbonyl (C=O) groups excluding carboxylic acids is 2. The molecule has 1 aromatic rings. The second kappa shape index (κ2) is 11.4. The molecule has 2 amide bonds. The second-order valence-electron chi connectivity index (χ2n) is 6.11. The first-order chi connectivity index (χ1) is 12.3. The minimum absolute atomic E-state index is 0.0879. The van der Waals surface area contributed by atoms with E-state index in [2.05, 4.69) is 10.6 Å². The van der Waals surface area contributed by atoms with Gasteiger partial charge < -0.3 is 20.5 Å². The topological polar surface area (TPSA) is 105 Å².